The van der Waals surface area contributed by atoms with E-state index < -0.39 is 10.0 Å². The monoisotopic (exact) mass is 287 g/mol. The molecule has 106 valence electrons. The fourth-order valence-electron chi connectivity index (χ4n) is 1.98. The first kappa shape index (κ1) is 14.0. The first-order valence-corrected chi connectivity index (χ1v) is 7.87. The van der Waals surface area contributed by atoms with E-state index in [1.807, 2.05) is 13.8 Å². The van der Waals surface area contributed by atoms with Gasteiger partial charge in [0.05, 0.1) is 6.26 Å². The number of fused-ring (bicyclic) bond motifs is 1. The second-order valence-electron chi connectivity index (χ2n) is 4.91. The van der Waals surface area contributed by atoms with Crippen molar-refractivity contribution in [3.63, 3.8) is 0 Å². The summed E-state index contributed by atoms with van der Waals surface area (Å²) in [5, 5.41) is 6.48. The molecule has 0 radical (unpaired) electrons. The van der Waals surface area contributed by atoms with Gasteiger partial charge >= 0.3 is 0 Å². The van der Waals surface area contributed by atoms with Crippen molar-refractivity contribution in [3.8, 4) is 0 Å². The number of aromatic nitrogens is 1. The van der Waals surface area contributed by atoms with Crippen LogP contribution < -0.4 is 5.32 Å². The average molecular weight is 287 g/mol. The van der Waals surface area contributed by atoms with Gasteiger partial charge in [0.15, 0.2) is 5.69 Å². The van der Waals surface area contributed by atoms with Gasteiger partial charge in [-0.25, -0.2) is 8.42 Å². The van der Waals surface area contributed by atoms with E-state index in [1.165, 1.54) is 4.31 Å². The zero-order valence-electron chi connectivity index (χ0n) is 11.1. The number of sulfonamides is 1. The highest BCUT2D eigenvalue weighted by molar-refractivity contribution is 7.88. The Morgan fingerprint density at radius 2 is 2.16 bits per heavy atom. The summed E-state index contributed by atoms with van der Waals surface area (Å²) in [5.74, 6) is 0.254. The summed E-state index contributed by atoms with van der Waals surface area (Å²) >= 11 is 0. The van der Waals surface area contributed by atoms with Crippen molar-refractivity contribution in [2.24, 2.45) is 0 Å². The van der Waals surface area contributed by atoms with Crippen LogP contribution in [-0.4, -0.2) is 42.6 Å². The molecule has 0 saturated carbocycles. The lowest BCUT2D eigenvalue weighted by Crippen LogP contribution is -2.36. The minimum atomic E-state index is -3.28. The summed E-state index contributed by atoms with van der Waals surface area (Å²) in [5.41, 5.74) is 0.742. The Morgan fingerprint density at radius 1 is 1.47 bits per heavy atom. The highest BCUT2D eigenvalue weighted by Crippen LogP contribution is 2.23. The minimum absolute atomic E-state index is 0.0190. The van der Waals surface area contributed by atoms with Gasteiger partial charge in [0, 0.05) is 31.1 Å². The first-order valence-electron chi connectivity index (χ1n) is 6.02. The fourth-order valence-corrected chi connectivity index (χ4v) is 2.76. The lowest BCUT2D eigenvalue weighted by Gasteiger charge is -2.23. The lowest BCUT2D eigenvalue weighted by molar-refractivity contribution is 0.0933. The summed E-state index contributed by atoms with van der Waals surface area (Å²) in [6.45, 7) is 4.17. The van der Waals surface area contributed by atoms with Crippen LogP contribution >= 0.6 is 0 Å². The van der Waals surface area contributed by atoms with Gasteiger partial charge in [0.2, 0.25) is 10.0 Å². The maximum absolute atomic E-state index is 11.9. The number of carbonyl (C=O) groups excluding carboxylic acids is 1. The predicted octanol–water partition coefficient (Wildman–Crippen LogP) is 0.131. The van der Waals surface area contributed by atoms with Crippen LogP contribution in [0, 0.1) is 0 Å². The van der Waals surface area contributed by atoms with Crippen LogP contribution in [0.25, 0.3) is 0 Å². The number of nitrogens with zero attached hydrogens (tertiary/aromatic N) is 2. The third kappa shape index (κ3) is 2.95. The quantitative estimate of drug-likeness (QED) is 0.853. The average Bonchev–Trinajstić information content (AvgIpc) is 2.69. The minimum Gasteiger partial charge on any atom is -0.360 e. The Balaban J connectivity index is 2.28. The summed E-state index contributed by atoms with van der Waals surface area (Å²) in [6.07, 6.45) is 1.59. The van der Waals surface area contributed by atoms with Gasteiger partial charge in [-0.15, -0.1) is 0 Å². The standard InChI is InChI=1S/C11H17N3O4S/c1-7(2)12-11(15)10-8-6-14(19(3,16)17)5-4-9(8)18-13-10/h7H,4-6H2,1-3H3,(H,12,15). The number of nitrogens with one attached hydrogen (secondary N) is 1. The van der Waals surface area contributed by atoms with Crippen LogP contribution in [0.4, 0.5) is 0 Å². The maximum atomic E-state index is 11.9. The van der Waals surface area contributed by atoms with E-state index in [0.717, 1.165) is 6.26 Å². The zero-order valence-corrected chi connectivity index (χ0v) is 12.0. The molecule has 1 aliphatic rings. The smallest absolute Gasteiger partial charge is 0.274 e. The van der Waals surface area contributed by atoms with Gasteiger partial charge < -0.3 is 9.84 Å². The molecule has 1 amide bonds. The van der Waals surface area contributed by atoms with Gasteiger partial charge in [-0.05, 0) is 13.8 Å². The van der Waals surface area contributed by atoms with Crippen molar-refractivity contribution in [3.05, 3.63) is 17.0 Å². The van der Waals surface area contributed by atoms with Crippen LogP contribution in [0.3, 0.4) is 0 Å². The number of carbonyl (C=O) groups is 1. The molecule has 0 aromatic carbocycles. The maximum Gasteiger partial charge on any atom is 0.274 e. The van der Waals surface area contributed by atoms with Crippen LogP contribution in [0.2, 0.25) is 0 Å². The van der Waals surface area contributed by atoms with Gasteiger partial charge in [-0.3, -0.25) is 4.79 Å². The van der Waals surface area contributed by atoms with Crippen LogP contribution in [-0.2, 0) is 23.0 Å². The molecule has 0 aliphatic carbocycles. The molecule has 1 aliphatic heterocycles. The van der Waals surface area contributed by atoms with E-state index >= 15 is 0 Å². The van der Waals surface area contributed by atoms with E-state index in [4.69, 9.17) is 4.52 Å². The Morgan fingerprint density at radius 3 is 2.74 bits per heavy atom. The molecular weight excluding hydrogens is 270 g/mol. The molecule has 2 heterocycles. The molecule has 7 nitrogen and oxygen atoms in total. The number of amides is 1. The highest BCUT2D eigenvalue weighted by atomic mass is 32.2. The van der Waals surface area contributed by atoms with Gasteiger partial charge in [-0.2, -0.15) is 4.31 Å². The van der Waals surface area contributed by atoms with E-state index in [9.17, 15) is 13.2 Å². The molecule has 0 atom stereocenters. The van der Waals surface area contributed by atoms with Gasteiger partial charge in [0.25, 0.3) is 5.91 Å². The zero-order chi connectivity index (χ0) is 14.2. The van der Waals surface area contributed by atoms with E-state index in [0.29, 0.717) is 24.3 Å². The van der Waals surface area contributed by atoms with E-state index in [1.54, 1.807) is 0 Å². The molecule has 0 fully saturated rings. The van der Waals surface area contributed by atoms with Crippen molar-refractivity contribution >= 4 is 15.9 Å². The molecule has 8 heteroatoms. The summed E-state index contributed by atoms with van der Waals surface area (Å²) in [6, 6.07) is -0.0190. The van der Waals surface area contributed by atoms with Crippen molar-refractivity contribution in [2.45, 2.75) is 32.9 Å². The SMILES string of the molecule is CC(C)NC(=O)c1noc2c1CN(S(C)(=O)=O)CC2. The van der Waals surface area contributed by atoms with Crippen LogP contribution in [0.15, 0.2) is 4.52 Å². The molecule has 1 aromatic rings. The molecule has 19 heavy (non-hydrogen) atoms. The Bertz CT molecular complexity index is 591. The van der Waals surface area contributed by atoms with Crippen molar-refractivity contribution in [2.75, 3.05) is 12.8 Å². The third-order valence-corrected chi connectivity index (χ3v) is 4.15. The second kappa shape index (κ2) is 4.93. The Kier molecular flexibility index (Phi) is 3.64. The molecule has 0 spiro atoms. The summed E-state index contributed by atoms with van der Waals surface area (Å²) in [4.78, 5) is 11.9. The number of hydrogen-bond donors (Lipinski definition) is 1. The third-order valence-electron chi connectivity index (χ3n) is 2.90. The van der Waals surface area contributed by atoms with Crippen molar-refractivity contribution < 1.29 is 17.7 Å². The molecule has 2 rings (SSSR count). The fraction of sp³-hybridized carbons (Fsp3) is 0.636. The van der Waals surface area contributed by atoms with Crippen LogP contribution in [0.1, 0.15) is 35.7 Å². The molecule has 0 bridgehead atoms. The normalized spacial score (nSPS) is 16.4. The topological polar surface area (TPSA) is 92.5 Å². The van der Waals surface area contributed by atoms with Crippen molar-refractivity contribution in [1.82, 2.24) is 14.8 Å². The van der Waals surface area contributed by atoms with Gasteiger partial charge in [0.1, 0.15) is 5.76 Å². The lowest BCUT2D eigenvalue weighted by atomic mass is 10.1. The number of hydrogen-bond acceptors (Lipinski definition) is 5. The summed E-state index contributed by atoms with van der Waals surface area (Å²) < 4.78 is 29.5. The Hall–Kier alpha value is -1.41. The predicted molar refractivity (Wildman–Crippen MR) is 68.1 cm³/mol. The number of rotatable bonds is 3. The molecule has 1 N–H and O–H groups in total. The second-order valence-corrected chi connectivity index (χ2v) is 6.89. The van der Waals surface area contributed by atoms with E-state index in [-0.39, 0.29) is 24.2 Å². The Labute approximate surface area is 112 Å². The molecule has 0 unspecified atom stereocenters. The van der Waals surface area contributed by atoms with Gasteiger partial charge in [-0.1, -0.05) is 5.16 Å². The molecule has 0 saturated heterocycles. The first-order chi connectivity index (χ1) is 8.79. The largest absolute Gasteiger partial charge is 0.360 e. The molecular formula is C11H17N3O4S. The summed E-state index contributed by atoms with van der Waals surface area (Å²) in [7, 11) is -3.28. The van der Waals surface area contributed by atoms with E-state index in [2.05, 4.69) is 10.5 Å². The molecule has 1 aromatic heterocycles. The van der Waals surface area contributed by atoms with Crippen LogP contribution in [0.5, 0.6) is 0 Å². The van der Waals surface area contributed by atoms with Crippen molar-refractivity contribution in [1.29, 1.82) is 0 Å². The highest BCUT2D eigenvalue weighted by Gasteiger charge is 2.31.